The topological polar surface area (TPSA) is 84.7 Å². The van der Waals surface area contributed by atoms with Crippen molar-refractivity contribution in [1.82, 2.24) is 4.90 Å². The summed E-state index contributed by atoms with van der Waals surface area (Å²) >= 11 is 0. The zero-order valence-corrected chi connectivity index (χ0v) is 7.32. The quantitative estimate of drug-likeness (QED) is 0.243. The molecule has 0 amide bonds. The van der Waals surface area contributed by atoms with E-state index in [2.05, 4.69) is 4.99 Å². The second-order valence-electron chi connectivity index (χ2n) is 2.54. The van der Waals surface area contributed by atoms with E-state index in [9.17, 15) is 4.79 Å². The van der Waals surface area contributed by atoms with Crippen LogP contribution in [0.5, 0.6) is 0 Å². The van der Waals surface area contributed by atoms with Crippen LogP contribution < -0.4 is 11.5 Å². The Balaban J connectivity index is 4.53. The molecule has 0 heterocycles. The van der Waals surface area contributed by atoms with Crippen molar-refractivity contribution in [1.29, 1.82) is 0 Å². The van der Waals surface area contributed by atoms with Crippen molar-refractivity contribution in [2.45, 2.75) is 0 Å². The molecule has 0 aliphatic carbocycles. The molecule has 68 valence electrons. The van der Waals surface area contributed by atoms with E-state index in [-0.39, 0.29) is 5.70 Å². The van der Waals surface area contributed by atoms with Gasteiger partial charge < -0.3 is 16.4 Å². The Morgan fingerprint density at radius 1 is 1.58 bits per heavy atom. The first kappa shape index (κ1) is 10.6. The molecule has 0 bridgehead atoms. The molecule has 0 aromatic rings. The molecule has 5 nitrogen and oxygen atoms in total. The normalized spacial score (nSPS) is 13.6. The number of nitrogens with two attached hydrogens (primary N) is 2. The van der Waals surface area contributed by atoms with Crippen LogP contribution in [0.3, 0.4) is 0 Å². The van der Waals surface area contributed by atoms with E-state index >= 15 is 0 Å². The van der Waals surface area contributed by atoms with Crippen LogP contribution in [0.2, 0.25) is 0 Å². The molecule has 0 aromatic carbocycles. The molecule has 0 saturated carbocycles. The molecule has 0 aliphatic rings. The number of aliphatic imine (C=N–C) groups is 1. The SMILES string of the molecule is CN(C)CC(/N=C\N)=C(/N)C=O. The molecular formula is C7H14N4O. The second kappa shape index (κ2) is 5.31. The lowest BCUT2D eigenvalue weighted by Crippen LogP contribution is -2.18. The maximum atomic E-state index is 10.3. The standard InChI is InChI=1S/C7H14N4O/c1-11(2)3-7(10-5-8)6(9)4-12/h4-5H,3,9H2,1-2H3,(H2,8,10)/b7-6-. The Labute approximate surface area is 71.7 Å². The second-order valence-corrected chi connectivity index (χ2v) is 2.54. The molecule has 0 saturated heterocycles. The lowest BCUT2D eigenvalue weighted by atomic mass is 10.3. The average molecular weight is 170 g/mol. The molecule has 5 heteroatoms. The van der Waals surface area contributed by atoms with E-state index in [1.54, 1.807) is 0 Å². The Hall–Kier alpha value is -1.36. The summed E-state index contributed by atoms with van der Waals surface area (Å²) < 4.78 is 0. The molecule has 12 heavy (non-hydrogen) atoms. The molecule has 0 radical (unpaired) electrons. The summed E-state index contributed by atoms with van der Waals surface area (Å²) in [7, 11) is 3.70. The number of rotatable bonds is 4. The number of hydrogen-bond acceptors (Lipinski definition) is 4. The fourth-order valence-electron chi connectivity index (χ4n) is 0.664. The maximum absolute atomic E-state index is 10.3. The predicted octanol–water partition coefficient (Wildman–Crippen LogP) is -1.10. The summed E-state index contributed by atoms with van der Waals surface area (Å²) in [5.41, 5.74) is 11.0. The zero-order valence-electron chi connectivity index (χ0n) is 7.32. The van der Waals surface area contributed by atoms with E-state index in [4.69, 9.17) is 11.5 Å². The first-order valence-electron chi connectivity index (χ1n) is 3.44. The number of aldehydes is 1. The van der Waals surface area contributed by atoms with Crippen molar-refractivity contribution in [2.24, 2.45) is 16.5 Å². The Morgan fingerprint density at radius 3 is 2.50 bits per heavy atom. The van der Waals surface area contributed by atoms with Gasteiger partial charge in [-0.05, 0) is 14.1 Å². The predicted molar refractivity (Wildman–Crippen MR) is 48.5 cm³/mol. The number of likely N-dealkylation sites (N-methyl/N-ethyl adjacent to an activating group) is 1. The van der Waals surface area contributed by atoms with Gasteiger partial charge in [0.1, 0.15) is 0 Å². The maximum Gasteiger partial charge on any atom is 0.167 e. The fourth-order valence-corrected chi connectivity index (χ4v) is 0.664. The van der Waals surface area contributed by atoms with Crippen molar-refractivity contribution in [2.75, 3.05) is 20.6 Å². The van der Waals surface area contributed by atoms with Crippen LogP contribution in [0.25, 0.3) is 0 Å². The van der Waals surface area contributed by atoms with Crippen LogP contribution in [-0.2, 0) is 4.79 Å². The summed E-state index contributed by atoms with van der Waals surface area (Å²) in [6.45, 7) is 0.498. The Morgan fingerprint density at radius 2 is 2.17 bits per heavy atom. The first-order chi connectivity index (χ1) is 5.61. The molecule has 4 N–H and O–H groups in total. The first-order valence-corrected chi connectivity index (χ1v) is 3.44. The number of carbonyl (C=O) groups is 1. The van der Waals surface area contributed by atoms with Gasteiger partial charge in [0.05, 0.1) is 17.7 Å². The van der Waals surface area contributed by atoms with Crippen LogP contribution in [0.4, 0.5) is 0 Å². The fraction of sp³-hybridized carbons (Fsp3) is 0.429. The van der Waals surface area contributed by atoms with Crippen LogP contribution in [-0.4, -0.2) is 38.2 Å². The highest BCUT2D eigenvalue weighted by Gasteiger charge is 2.01. The summed E-state index contributed by atoms with van der Waals surface area (Å²) in [6, 6.07) is 0. The molecule has 0 atom stereocenters. The molecule has 0 unspecified atom stereocenters. The van der Waals surface area contributed by atoms with Crippen molar-refractivity contribution in [3.63, 3.8) is 0 Å². The zero-order chi connectivity index (χ0) is 9.56. The van der Waals surface area contributed by atoms with Crippen LogP contribution in [0.1, 0.15) is 0 Å². The largest absolute Gasteiger partial charge is 0.395 e. The van der Waals surface area contributed by atoms with Crippen LogP contribution in [0, 0.1) is 0 Å². The van der Waals surface area contributed by atoms with Crippen molar-refractivity contribution in [3.05, 3.63) is 11.4 Å². The van der Waals surface area contributed by atoms with Gasteiger partial charge in [-0.1, -0.05) is 0 Å². The lowest BCUT2D eigenvalue weighted by Gasteiger charge is -2.09. The van der Waals surface area contributed by atoms with Gasteiger partial charge in [-0.25, -0.2) is 4.99 Å². The minimum absolute atomic E-state index is 0.116. The highest BCUT2D eigenvalue weighted by atomic mass is 16.1. The molecule has 0 spiro atoms. The van der Waals surface area contributed by atoms with E-state index in [1.807, 2.05) is 19.0 Å². The number of carbonyl (C=O) groups excluding carboxylic acids is 1. The van der Waals surface area contributed by atoms with Gasteiger partial charge in [-0.15, -0.1) is 0 Å². The molecule has 0 fully saturated rings. The number of allylic oxidation sites excluding steroid dienone is 1. The lowest BCUT2D eigenvalue weighted by molar-refractivity contribution is -0.105. The summed E-state index contributed by atoms with van der Waals surface area (Å²) in [4.78, 5) is 15.9. The van der Waals surface area contributed by atoms with Gasteiger partial charge in [0.25, 0.3) is 0 Å². The number of hydrogen-bond donors (Lipinski definition) is 2. The van der Waals surface area contributed by atoms with E-state index in [0.29, 0.717) is 18.5 Å². The molecule has 0 aliphatic heterocycles. The molecule has 0 rings (SSSR count). The molecular weight excluding hydrogens is 156 g/mol. The minimum atomic E-state index is 0.116. The summed E-state index contributed by atoms with van der Waals surface area (Å²) in [6.07, 6.45) is 1.68. The Kier molecular flexibility index (Phi) is 4.71. The summed E-state index contributed by atoms with van der Waals surface area (Å²) in [5.74, 6) is 0. The highest BCUT2D eigenvalue weighted by molar-refractivity contribution is 5.73. The van der Waals surface area contributed by atoms with Gasteiger partial charge in [0.15, 0.2) is 6.29 Å². The summed E-state index contributed by atoms with van der Waals surface area (Å²) in [5, 5.41) is 0. The third-order valence-corrected chi connectivity index (χ3v) is 1.16. The van der Waals surface area contributed by atoms with E-state index in [0.717, 1.165) is 6.34 Å². The van der Waals surface area contributed by atoms with Crippen molar-refractivity contribution < 1.29 is 4.79 Å². The van der Waals surface area contributed by atoms with Gasteiger partial charge in [-0.3, -0.25) is 4.79 Å². The van der Waals surface area contributed by atoms with Crippen LogP contribution >= 0.6 is 0 Å². The van der Waals surface area contributed by atoms with Gasteiger partial charge >= 0.3 is 0 Å². The minimum Gasteiger partial charge on any atom is -0.395 e. The average Bonchev–Trinajstić information content (AvgIpc) is 2.01. The molecule has 0 aromatic heterocycles. The van der Waals surface area contributed by atoms with Gasteiger partial charge in [0.2, 0.25) is 0 Å². The van der Waals surface area contributed by atoms with Crippen molar-refractivity contribution in [3.8, 4) is 0 Å². The Bertz CT molecular complexity index is 207. The highest BCUT2D eigenvalue weighted by Crippen LogP contribution is 1.99. The van der Waals surface area contributed by atoms with Crippen LogP contribution in [0.15, 0.2) is 16.4 Å². The number of nitrogens with zero attached hydrogens (tertiary/aromatic N) is 2. The smallest absolute Gasteiger partial charge is 0.167 e. The van der Waals surface area contributed by atoms with E-state index < -0.39 is 0 Å². The third kappa shape index (κ3) is 3.72. The third-order valence-electron chi connectivity index (χ3n) is 1.16. The van der Waals surface area contributed by atoms with Gasteiger partial charge in [0, 0.05) is 6.54 Å². The van der Waals surface area contributed by atoms with Crippen molar-refractivity contribution >= 4 is 12.6 Å². The monoisotopic (exact) mass is 170 g/mol. The van der Waals surface area contributed by atoms with E-state index in [1.165, 1.54) is 0 Å². The van der Waals surface area contributed by atoms with Gasteiger partial charge in [-0.2, -0.15) is 0 Å².